The Morgan fingerprint density at radius 1 is 1.06 bits per heavy atom. The maximum Gasteiger partial charge on any atom is 0.262 e. The lowest BCUT2D eigenvalue weighted by Crippen LogP contribution is -2.20. The normalized spacial score (nSPS) is 12.2. The minimum absolute atomic E-state index is 0.0608. The number of rotatable bonds is 8. The summed E-state index contributed by atoms with van der Waals surface area (Å²) >= 11 is 0. The van der Waals surface area contributed by atoms with Gasteiger partial charge < -0.3 is 14.5 Å². The van der Waals surface area contributed by atoms with E-state index < -0.39 is 0 Å². The minimum atomic E-state index is -0.218. The van der Waals surface area contributed by atoms with Gasteiger partial charge in [-0.25, -0.2) is 4.98 Å². The quantitative estimate of drug-likeness (QED) is 0.299. The van der Waals surface area contributed by atoms with Gasteiger partial charge >= 0.3 is 0 Å². The maximum atomic E-state index is 12.6. The molecule has 0 saturated heterocycles. The molecule has 176 valence electrons. The summed E-state index contributed by atoms with van der Waals surface area (Å²) in [6, 6.07) is 19.8. The molecule has 1 heterocycles. The van der Waals surface area contributed by atoms with E-state index in [-0.39, 0.29) is 12.5 Å². The van der Waals surface area contributed by atoms with Crippen LogP contribution in [-0.2, 0) is 4.79 Å². The molecule has 3 aromatic carbocycles. The maximum absolute atomic E-state index is 12.6. The Hall–Kier alpha value is -3.60. The van der Waals surface area contributed by atoms with E-state index in [0.717, 1.165) is 40.0 Å². The molecule has 0 bridgehead atoms. The molecule has 0 fully saturated rings. The van der Waals surface area contributed by atoms with Gasteiger partial charge in [0.1, 0.15) is 11.3 Å². The van der Waals surface area contributed by atoms with Crippen LogP contribution in [0, 0.1) is 6.92 Å². The summed E-state index contributed by atoms with van der Waals surface area (Å²) in [5.41, 5.74) is 6.52. The van der Waals surface area contributed by atoms with Gasteiger partial charge in [-0.05, 0) is 78.3 Å². The lowest BCUT2D eigenvalue weighted by molar-refractivity contribution is -0.118. The summed E-state index contributed by atoms with van der Waals surface area (Å²) in [7, 11) is 0. The number of aryl methyl sites for hydroxylation is 1. The van der Waals surface area contributed by atoms with Crippen molar-refractivity contribution >= 4 is 22.7 Å². The summed E-state index contributed by atoms with van der Waals surface area (Å²) < 4.78 is 11.9. The van der Waals surface area contributed by atoms with Crippen LogP contribution in [0.4, 0.5) is 5.69 Å². The number of ether oxygens (including phenoxy) is 1. The van der Waals surface area contributed by atoms with Crippen LogP contribution in [0.5, 0.6) is 5.75 Å². The first-order chi connectivity index (χ1) is 16.3. The van der Waals surface area contributed by atoms with Gasteiger partial charge in [0.05, 0.1) is 0 Å². The van der Waals surface area contributed by atoms with Crippen molar-refractivity contribution in [1.29, 1.82) is 0 Å². The van der Waals surface area contributed by atoms with Crippen molar-refractivity contribution in [2.75, 3.05) is 11.9 Å². The van der Waals surface area contributed by atoms with Crippen molar-refractivity contribution in [3.63, 3.8) is 0 Å². The van der Waals surface area contributed by atoms with Crippen LogP contribution in [0.1, 0.15) is 62.6 Å². The van der Waals surface area contributed by atoms with E-state index in [0.29, 0.717) is 23.4 Å². The largest absolute Gasteiger partial charge is 0.483 e. The Bertz CT molecular complexity index is 1310. The van der Waals surface area contributed by atoms with E-state index in [4.69, 9.17) is 9.15 Å². The molecule has 0 saturated carbocycles. The van der Waals surface area contributed by atoms with Crippen LogP contribution in [0.3, 0.4) is 0 Å². The van der Waals surface area contributed by atoms with Crippen molar-refractivity contribution in [1.82, 2.24) is 4.98 Å². The molecule has 5 heteroatoms. The number of carbonyl (C=O) groups excluding carboxylic acids is 1. The highest BCUT2D eigenvalue weighted by atomic mass is 16.5. The molecule has 1 atom stereocenters. The highest BCUT2D eigenvalue weighted by Gasteiger charge is 2.13. The first kappa shape index (κ1) is 23.6. The van der Waals surface area contributed by atoms with E-state index in [9.17, 15) is 4.79 Å². The zero-order valence-corrected chi connectivity index (χ0v) is 20.5. The molecule has 4 aromatic rings. The van der Waals surface area contributed by atoms with Crippen molar-refractivity contribution < 1.29 is 13.9 Å². The van der Waals surface area contributed by atoms with Gasteiger partial charge in [-0.1, -0.05) is 52.0 Å². The topological polar surface area (TPSA) is 64.4 Å². The van der Waals surface area contributed by atoms with Crippen LogP contribution in [0.2, 0.25) is 0 Å². The first-order valence-corrected chi connectivity index (χ1v) is 11.9. The third kappa shape index (κ3) is 5.30. The fourth-order valence-corrected chi connectivity index (χ4v) is 3.92. The summed E-state index contributed by atoms with van der Waals surface area (Å²) in [6.07, 6.45) is 1.07. The highest BCUT2D eigenvalue weighted by molar-refractivity contribution is 5.92. The number of carbonyl (C=O) groups is 1. The Labute approximate surface area is 201 Å². The number of nitrogens with zero attached hydrogens (tertiary/aromatic N) is 1. The standard InChI is InChI=1S/C29H32N2O3/c1-6-20(5)21-11-13-26-25(16-21)31-29(34-26)22-8-7-9-23(15-22)30-28(32)17-33-27-14-19(4)10-12-24(27)18(2)3/h7-16,18,20H,6,17H2,1-5H3,(H,30,32). The molecule has 1 N–H and O–H groups in total. The van der Waals surface area contributed by atoms with E-state index in [1.54, 1.807) is 0 Å². The van der Waals surface area contributed by atoms with Crippen molar-refractivity contribution in [2.45, 2.75) is 52.9 Å². The average molecular weight is 457 g/mol. The third-order valence-corrected chi connectivity index (χ3v) is 6.14. The molecular weight excluding hydrogens is 424 g/mol. The second-order valence-electron chi connectivity index (χ2n) is 9.17. The number of hydrogen-bond acceptors (Lipinski definition) is 4. The van der Waals surface area contributed by atoms with Gasteiger partial charge in [0.15, 0.2) is 12.2 Å². The summed E-state index contributed by atoms with van der Waals surface area (Å²) in [4.78, 5) is 17.3. The third-order valence-electron chi connectivity index (χ3n) is 6.14. The van der Waals surface area contributed by atoms with Crippen LogP contribution in [0.25, 0.3) is 22.6 Å². The molecule has 0 spiro atoms. The molecule has 0 radical (unpaired) electrons. The van der Waals surface area contributed by atoms with Crippen LogP contribution in [0.15, 0.2) is 65.1 Å². The summed E-state index contributed by atoms with van der Waals surface area (Å²) in [5.74, 6) is 1.85. The molecule has 5 nitrogen and oxygen atoms in total. The number of nitrogens with one attached hydrogen (secondary N) is 1. The van der Waals surface area contributed by atoms with Gasteiger partial charge in [0.25, 0.3) is 5.91 Å². The zero-order valence-electron chi connectivity index (χ0n) is 20.5. The molecule has 0 aliphatic heterocycles. The minimum Gasteiger partial charge on any atom is -0.483 e. The van der Waals surface area contributed by atoms with Crippen molar-refractivity contribution in [3.8, 4) is 17.2 Å². The lowest BCUT2D eigenvalue weighted by atomic mass is 9.98. The average Bonchev–Trinajstić information content (AvgIpc) is 3.26. The molecule has 0 aliphatic rings. The molecule has 1 aromatic heterocycles. The summed E-state index contributed by atoms with van der Waals surface area (Å²) in [5, 5.41) is 2.92. The van der Waals surface area contributed by atoms with Gasteiger partial charge in [0, 0.05) is 11.3 Å². The number of anilines is 1. The van der Waals surface area contributed by atoms with E-state index >= 15 is 0 Å². The predicted molar refractivity (Wildman–Crippen MR) is 138 cm³/mol. The van der Waals surface area contributed by atoms with Crippen LogP contribution < -0.4 is 10.1 Å². The van der Waals surface area contributed by atoms with Gasteiger partial charge in [0.2, 0.25) is 5.89 Å². The number of aromatic nitrogens is 1. The van der Waals surface area contributed by atoms with Crippen molar-refractivity contribution in [2.24, 2.45) is 0 Å². The lowest BCUT2D eigenvalue weighted by Gasteiger charge is -2.15. The number of fused-ring (bicyclic) bond motifs is 1. The number of benzene rings is 3. The first-order valence-electron chi connectivity index (χ1n) is 11.9. The fourth-order valence-electron chi connectivity index (χ4n) is 3.92. The number of hydrogen-bond donors (Lipinski definition) is 1. The molecule has 34 heavy (non-hydrogen) atoms. The monoisotopic (exact) mass is 456 g/mol. The van der Waals surface area contributed by atoms with E-state index in [1.165, 1.54) is 5.56 Å². The molecule has 4 rings (SSSR count). The smallest absolute Gasteiger partial charge is 0.262 e. The van der Waals surface area contributed by atoms with Crippen LogP contribution in [-0.4, -0.2) is 17.5 Å². The fraction of sp³-hybridized carbons (Fsp3) is 0.310. The zero-order chi connectivity index (χ0) is 24.2. The molecule has 1 amide bonds. The second-order valence-corrected chi connectivity index (χ2v) is 9.17. The summed E-state index contributed by atoms with van der Waals surface area (Å²) in [6.45, 7) is 10.6. The highest BCUT2D eigenvalue weighted by Crippen LogP contribution is 2.30. The number of amides is 1. The van der Waals surface area contributed by atoms with Crippen molar-refractivity contribution in [3.05, 3.63) is 77.4 Å². The Morgan fingerprint density at radius 2 is 1.88 bits per heavy atom. The van der Waals surface area contributed by atoms with Gasteiger partial charge in [-0.15, -0.1) is 0 Å². The molecule has 0 aliphatic carbocycles. The van der Waals surface area contributed by atoms with E-state index in [2.05, 4.69) is 62.3 Å². The predicted octanol–water partition coefficient (Wildman–Crippen LogP) is 7.46. The Morgan fingerprint density at radius 3 is 2.65 bits per heavy atom. The van der Waals surface area contributed by atoms with Gasteiger partial charge in [-0.2, -0.15) is 0 Å². The number of oxazole rings is 1. The van der Waals surface area contributed by atoms with E-state index in [1.807, 2.05) is 43.3 Å². The SMILES string of the molecule is CCC(C)c1ccc2oc(-c3cccc(NC(=O)COc4cc(C)ccc4C(C)C)c3)nc2c1. The molecular formula is C29H32N2O3. The second kappa shape index (κ2) is 10.1. The molecule has 1 unspecified atom stereocenters. The Kier molecular flexibility index (Phi) is 7.01. The van der Waals surface area contributed by atoms with Gasteiger partial charge in [-0.3, -0.25) is 4.79 Å². The Balaban J connectivity index is 1.47. The van der Waals surface area contributed by atoms with Crippen LogP contribution >= 0.6 is 0 Å².